The van der Waals surface area contributed by atoms with Gasteiger partial charge in [-0.05, 0) is 41.3 Å². The van der Waals surface area contributed by atoms with Gasteiger partial charge in [0.2, 0.25) is 6.79 Å². The van der Waals surface area contributed by atoms with Crippen molar-refractivity contribution >= 4 is 28.2 Å². The number of carbonyl (C=O) groups excluding carboxylic acids is 2. The Bertz CT molecular complexity index is 948. The van der Waals surface area contributed by atoms with Crippen LogP contribution in [0.4, 0.5) is 5.00 Å². The van der Waals surface area contributed by atoms with Crippen LogP contribution in [0.2, 0.25) is 0 Å². The molecule has 2 N–H and O–H groups in total. The van der Waals surface area contributed by atoms with Crippen molar-refractivity contribution < 1.29 is 23.5 Å². The fourth-order valence-electron chi connectivity index (χ4n) is 2.49. The molecule has 0 saturated heterocycles. The number of hydrogen-bond acceptors (Lipinski definition) is 6. The molecule has 0 spiro atoms. The van der Waals surface area contributed by atoms with E-state index < -0.39 is 5.91 Å². The summed E-state index contributed by atoms with van der Waals surface area (Å²) in [6.45, 7) is 0.537. The second-order valence-corrected chi connectivity index (χ2v) is 6.38. The number of anilines is 1. The van der Waals surface area contributed by atoms with Crippen molar-refractivity contribution in [2.45, 2.75) is 6.54 Å². The molecule has 7 nitrogen and oxygen atoms in total. The quantitative estimate of drug-likeness (QED) is 0.720. The van der Waals surface area contributed by atoms with Crippen LogP contribution in [-0.2, 0) is 6.54 Å². The Kier molecular flexibility index (Phi) is 4.32. The summed E-state index contributed by atoms with van der Waals surface area (Å²) in [4.78, 5) is 24.5. The van der Waals surface area contributed by atoms with E-state index in [2.05, 4.69) is 10.6 Å². The molecule has 3 heterocycles. The molecule has 0 atom stereocenters. The minimum atomic E-state index is -0.401. The predicted molar refractivity (Wildman–Crippen MR) is 94.7 cm³/mol. The van der Waals surface area contributed by atoms with E-state index in [-0.39, 0.29) is 18.5 Å². The topological polar surface area (TPSA) is 89.8 Å². The summed E-state index contributed by atoms with van der Waals surface area (Å²) < 4.78 is 15.6. The van der Waals surface area contributed by atoms with Gasteiger partial charge in [0.1, 0.15) is 5.00 Å². The standard InChI is InChI=1S/C18H14N2O5S/c21-16(19-9-11-3-4-13-15(8-11)25-10-24-13)12-5-7-26-18(12)20-17(22)14-2-1-6-23-14/h1-8H,9-10H2,(H,19,21)(H,20,22). The number of hydrogen-bond donors (Lipinski definition) is 2. The number of fused-ring (bicyclic) bond motifs is 1. The molecule has 1 aliphatic heterocycles. The summed E-state index contributed by atoms with van der Waals surface area (Å²) in [5.41, 5.74) is 1.29. The molecular weight excluding hydrogens is 356 g/mol. The average Bonchev–Trinajstić information content (AvgIpc) is 3.39. The van der Waals surface area contributed by atoms with Gasteiger partial charge in [0.15, 0.2) is 17.3 Å². The molecule has 0 radical (unpaired) electrons. The maximum Gasteiger partial charge on any atom is 0.291 e. The van der Waals surface area contributed by atoms with Crippen molar-refractivity contribution in [2.24, 2.45) is 0 Å². The van der Waals surface area contributed by atoms with Crippen molar-refractivity contribution in [3.05, 3.63) is 64.9 Å². The van der Waals surface area contributed by atoms with Gasteiger partial charge in [-0.2, -0.15) is 0 Å². The van der Waals surface area contributed by atoms with Gasteiger partial charge in [-0.3, -0.25) is 9.59 Å². The first kappa shape index (κ1) is 16.2. The lowest BCUT2D eigenvalue weighted by Gasteiger charge is -2.08. The lowest BCUT2D eigenvalue weighted by atomic mass is 10.2. The fourth-order valence-corrected chi connectivity index (χ4v) is 3.27. The summed E-state index contributed by atoms with van der Waals surface area (Å²) >= 11 is 1.27. The second-order valence-electron chi connectivity index (χ2n) is 5.47. The molecule has 26 heavy (non-hydrogen) atoms. The molecule has 1 aromatic carbocycles. The lowest BCUT2D eigenvalue weighted by molar-refractivity contribution is 0.0952. The molecule has 0 fully saturated rings. The molecular formula is C18H14N2O5S. The Morgan fingerprint density at radius 2 is 1.96 bits per heavy atom. The molecule has 2 aromatic heterocycles. The van der Waals surface area contributed by atoms with Gasteiger partial charge < -0.3 is 24.5 Å². The summed E-state index contributed by atoms with van der Waals surface area (Å²) in [7, 11) is 0. The van der Waals surface area contributed by atoms with Crippen molar-refractivity contribution in [1.29, 1.82) is 0 Å². The third kappa shape index (κ3) is 3.27. The highest BCUT2D eigenvalue weighted by atomic mass is 32.1. The van der Waals surface area contributed by atoms with Gasteiger partial charge in [0.25, 0.3) is 11.8 Å². The average molecular weight is 370 g/mol. The summed E-state index contributed by atoms with van der Waals surface area (Å²) in [6, 6.07) is 10.3. The number of nitrogens with one attached hydrogen (secondary N) is 2. The number of furan rings is 1. The maximum atomic E-state index is 12.5. The molecule has 1 aliphatic rings. The van der Waals surface area contributed by atoms with Crippen LogP contribution in [-0.4, -0.2) is 18.6 Å². The summed E-state index contributed by atoms with van der Waals surface area (Å²) in [5, 5.41) is 7.74. The first-order valence-electron chi connectivity index (χ1n) is 7.80. The minimum Gasteiger partial charge on any atom is -0.459 e. The van der Waals surface area contributed by atoms with Crippen LogP contribution in [0.15, 0.2) is 52.5 Å². The van der Waals surface area contributed by atoms with Crippen LogP contribution >= 0.6 is 11.3 Å². The van der Waals surface area contributed by atoms with E-state index in [1.54, 1.807) is 23.6 Å². The number of thiophene rings is 1. The van der Waals surface area contributed by atoms with E-state index in [0.29, 0.717) is 28.6 Å². The summed E-state index contributed by atoms with van der Waals surface area (Å²) in [6.07, 6.45) is 1.42. The van der Waals surface area contributed by atoms with Gasteiger partial charge in [-0.1, -0.05) is 6.07 Å². The van der Waals surface area contributed by atoms with E-state index in [9.17, 15) is 9.59 Å². The van der Waals surface area contributed by atoms with E-state index in [1.165, 1.54) is 17.6 Å². The highest BCUT2D eigenvalue weighted by Crippen LogP contribution is 2.32. The number of carbonyl (C=O) groups is 2. The van der Waals surface area contributed by atoms with Gasteiger partial charge in [-0.25, -0.2) is 0 Å². The zero-order chi connectivity index (χ0) is 17.9. The van der Waals surface area contributed by atoms with Gasteiger partial charge in [-0.15, -0.1) is 11.3 Å². The Labute approximate surface area is 152 Å². The van der Waals surface area contributed by atoms with Crippen LogP contribution in [0.25, 0.3) is 0 Å². The number of amides is 2. The Hall–Kier alpha value is -3.26. The van der Waals surface area contributed by atoms with Crippen molar-refractivity contribution in [3.8, 4) is 11.5 Å². The molecule has 0 bridgehead atoms. The van der Waals surface area contributed by atoms with E-state index in [0.717, 1.165) is 5.56 Å². The van der Waals surface area contributed by atoms with Gasteiger partial charge >= 0.3 is 0 Å². The molecule has 0 saturated carbocycles. The Morgan fingerprint density at radius 3 is 2.81 bits per heavy atom. The highest BCUT2D eigenvalue weighted by molar-refractivity contribution is 7.14. The van der Waals surface area contributed by atoms with E-state index >= 15 is 0 Å². The van der Waals surface area contributed by atoms with Crippen LogP contribution in [0.1, 0.15) is 26.5 Å². The minimum absolute atomic E-state index is 0.185. The van der Waals surface area contributed by atoms with E-state index in [1.807, 2.05) is 18.2 Å². The lowest BCUT2D eigenvalue weighted by Crippen LogP contribution is -2.23. The molecule has 4 rings (SSSR count). The van der Waals surface area contributed by atoms with Crippen LogP contribution in [0.5, 0.6) is 11.5 Å². The molecule has 0 aliphatic carbocycles. The molecule has 3 aromatic rings. The van der Waals surface area contributed by atoms with Crippen molar-refractivity contribution in [3.63, 3.8) is 0 Å². The normalized spacial score (nSPS) is 12.0. The van der Waals surface area contributed by atoms with Crippen LogP contribution in [0.3, 0.4) is 0 Å². The molecule has 132 valence electrons. The molecule has 0 unspecified atom stereocenters. The summed E-state index contributed by atoms with van der Waals surface area (Å²) in [5.74, 6) is 0.866. The third-order valence-corrected chi connectivity index (χ3v) is 4.60. The molecule has 8 heteroatoms. The van der Waals surface area contributed by atoms with Crippen LogP contribution < -0.4 is 20.1 Å². The number of benzene rings is 1. The van der Waals surface area contributed by atoms with E-state index in [4.69, 9.17) is 13.9 Å². The van der Waals surface area contributed by atoms with Crippen molar-refractivity contribution in [1.82, 2.24) is 5.32 Å². The Balaban J connectivity index is 1.41. The second kappa shape index (κ2) is 6.93. The monoisotopic (exact) mass is 370 g/mol. The number of rotatable bonds is 5. The number of ether oxygens (including phenoxy) is 2. The zero-order valence-corrected chi connectivity index (χ0v) is 14.3. The highest BCUT2D eigenvalue weighted by Gasteiger charge is 2.18. The van der Waals surface area contributed by atoms with Gasteiger partial charge in [0, 0.05) is 6.54 Å². The molecule has 2 amide bonds. The Morgan fingerprint density at radius 1 is 1.08 bits per heavy atom. The smallest absolute Gasteiger partial charge is 0.291 e. The predicted octanol–water partition coefficient (Wildman–Crippen LogP) is 3.25. The fraction of sp³-hybridized carbons (Fsp3) is 0.111. The van der Waals surface area contributed by atoms with Gasteiger partial charge in [0.05, 0.1) is 11.8 Å². The van der Waals surface area contributed by atoms with Crippen LogP contribution in [0, 0.1) is 0 Å². The first-order chi connectivity index (χ1) is 12.7. The maximum absolute atomic E-state index is 12.5. The largest absolute Gasteiger partial charge is 0.459 e. The third-order valence-electron chi connectivity index (χ3n) is 3.77. The SMILES string of the molecule is O=C(Nc1sccc1C(=O)NCc1ccc2c(c1)OCO2)c1ccco1. The zero-order valence-electron chi connectivity index (χ0n) is 13.5. The van der Waals surface area contributed by atoms with Crippen molar-refractivity contribution in [2.75, 3.05) is 12.1 Å². The first-order valence-corrected chi connectivity index (χ1v) is 8.68.